The van der Waals surface area contributed by atoms with Crippen molar-refractivity contribution in [1.29, 1.82) is 0 Å². The first-order valence-corrected chi connectivity index (χ1v) is 30.1. The number of amides is 1. The van der Waals surface area contributed by atoms with E-state index in [1.807, 2.05) is 0 Å². The van der Waals surface area contributed by atoms with Gasteiger partial charge in [0.05, 0.1) is 25.4 Å². The van der Waals surface area contributed by atoms with Crippen molar-refractivity contribution in [2.24, 2.45) is 0 Å². The molecule has 0 aromatic rings. The van der Waals surface area contributed by atoms with Crippen molar-refractivity contribution in [2.45, 2.75) is 345 Å². The molecular formula is C59H115NO10. The Labute approximate surface area is 430 Å². The molecule has 416 valence electrons. The van der Waals surface area contributed by atoms with Crippen LogP contribution < -0.4 is 5.32 Å². The minimum Gasteiger partial charge on any atom is -0.394 e. The average Bonchev–Trinajstić information content (AvgIpc) is 3.36. The van der Waals surface area contributed by atoms with E-state index in [9.17, 15) is 40.5 Å². The molecule has 70 heavy (non-hydrogen) atoms. The monoisotopic (exact) mass is 998 g/mol. The van der Waals surface area contributed by atoms with Crippen LogP contribution in [0.3, 0.4) is 0 Å². The van der Waals surface area contributed by atoms with Gasteiger partial charge in [0.1, 0.15) is 36.6 Å². The molecule has 11 nitrogen and oxygen atoms in total. The second kappa shape index (κ2) is 48.8. The van der Waals surface area contributed by atoms with Crippen LogP contribution in [0.4, 0.5) is 0 Å². The molecule has 8 N–H and O–H groups in total. The Balaban J connectivity index is 2.29. The summed E-state index contributed by atoms with van der Waals surface area (Å²) >= 11 is 0. The molecule has 0 bridgehead atoms. The Morgan fingerprint density at radius 2 is 0.843 bits per heavy atom. The van der Waals surface area contributed by atoms with Crippen LogP contribution in [0.25, 0.3) is 0 Å². The fraction of sp³-hybridized carbons (Fsp3) is 0.949. The van der Waals surface area contributed by atoms with Gasteiger partial charge in [0.15, 0.2) is 6.29 Å². The lowest BCUT2D eigenvalue weighted by Gasteiger charge is -2.40. The van der Waals surface area contributed by atoms with Gasteiger partial charge in [0, 0.05) is 0 Å². The zero-order valence-corrected chi connectivity index (χ0v) is 45.5. The van der Waals surface area contributed by atoms with Crippen LogP contribution in [-0.2, 0) is 14.3 Å². The van der Waals surface area contributed by atoms with Gasteiger partial charge in [-0.15, -0.1) is 0 Å². The molecule has 9 unspecified atom stereocenters. The molecule has 1 heterocycles. The van der Waals surface area contributed by atoms with Gasteiger partial charge < -0.3 is 50.5 Å². The summed E-state index contributed by atoms with van der Waals surface area (Å²) in [5.41, 5.74) is 0. The largest absolute Gasteiger partial charge is 0.394 e. The summed E-state index contributed by atoms with van der Waals surface area (Å²) in [5, 5.41) is 76.2. The first kappa shape index (κ1) is 66.9. The van der Waals surface area contributed by atoms with Crippen molar-refractivity contribution in [2.75, 3.05) is 13.2 Å². The number of ether oxygens (including phenoxy) is 2. The van der Waals surface area contributed by atoms with E-state index in [4.69, 9.17) is 9.47 Å². The van der Waals surface area contributed by atoms with E-state index in [1.165, 1.54) is 212 Å². The zero-order valence-electron chi connectivity index (χ0n) is 45.5. The molecule has 1 aliphatic heterocycles. The van der Waals surface area contributed by atoms with Crippen LogP contribution in [0, 0.1) is 0 Å². The molecule has 0 aliphatic carbocycles. The average molecular weight is 999 g/mol. The highest BCUT2D eigenvalue weighted by molar-refractivity contribution is 5.80. The van der Waals surface area contributed by atoms with E-state index in [-0.39, 0.29) is 12.8 Å². The molecule has 0 aromatic heterocycles. The lowest BCUT2D eigenvalue weighted by Crippen LogP contribution is -2.60. The summed E-state index contributed by atoms with van der Waals surface area (Å²) in [6.07, 6.45) is 45.6. The predicted molar refractivity (Wildman–Crippen MR) is 289 cm³/mol. The predicted octanol–water partition coefficient (Wildman–Crippen LogP) is 12.7. The number of unbranched alkanes of at least 4 members (excludes halogenated alkanes) is 38. The van der Waals surface area contributed by atoms with E-state index in [0.717, 1.165) is 38.5 Å². The third kappa shape index (κ3) is 36.7. The molecular weight excluding hydrogens is 883 g/mol. The maximum absolute atomic E-state index is 13.2. The van der Waals surface area contributed by atoms with Gasteiger partial charge in [-0.3, -0.25) is 4.79 Å². The van der Waals surface area contributed by atoms with Gasteiger partial charge in [-0.2, -0.15) is 0 Å². The quantitative estimate of drug-likeness (QED) is 0.0215. The maximum atomic E-state index is 13.2. The summed E-state index contributed by atoms with van der Waals surface area (Å²) in [7, 11) is 0. The lowest BCUT2D eigenvalue weighted by molar-refractivity contribution is -0.303. The Morgan fingerprint density at radius 1 is 0.486 bits per heavy atom. The van der Waals surface area contributed by atoms with Gasteiger partial charge >= 0.3 is 0 Å². The number of hydrogen-bond acceptors (Lipinski definition) is 10. The number of hydrogen-bond donors (Lipinski definition) is 8. The summed E-state index contributed by atoms with van der Waals surface area (Å²) in [5.74, 6) is -0.700. The maximum Gasteiger partial charge on any atom is 0.249 e. The first-order chi connectivity index (χ1) is 34.2. The highest BCUT2D eigenvalue weighted by Crippen LogP contribution is 2.23. The van der Waals surface area contributed by atoms with E-state index in [2.05, 4.69) is 31.3 Å². The van der Waals surface area contributed by atoms with Crippen LogP contribution >= 0.6 is 0 Å². The number of carbonyl (C=O) groups is 1. The second-order valence-electron chi connectivity index (χ2n) is 21.4. The molecule has 0 radical (unpaired) electrons. The number of rotatable bonds is 52. The summed E-state index contributed by atoms with van der Waals surface area (Å²) in [4.78, 5) is 13.2. The van der Waals surface area contributed by atoms with E-state index in [0.29, 0.717) is 12.8 Å². The minimum atomic E-state index is -1.67. The van der Waals surface area contributed by atoms with Crippen LogP contribution in [0.2, 0.25) is 0 Å². The van der Waals surface area contributed by atoms with Crippen molar-refractivity contribution < 1.29 is 50.0 Å². The molecule has 1 amide bonds. The normalized spacial score (nSPS) is 20.3. The standard InChI is InChI=1S/C59H115NO10/c1-3-5-7-9-11-13-15-17-19-21-23-24-25-26-27-29-31-33-35-37-39-41-43-45-47-52(63)58(68)60-50(49-69-59-57(67)56(66)55(65)53(48-61)70-59)54(64)51(62)46-44-42-40-38-36-34-32-30-28-22-20-18-16-14-12-10-8-6-4-2/h38,40,50-57,59,61-67H,3-37,39,41-49H2,1-2H3,(H,60,68)/b40-38+. The fourth-order valence-electron chi connectivity index (χ4n) is 9.92. The number of nitrogens with one attached hydrogen (secondary N) is 1. The third-order valence-corrected chi connectivity index (χ3v) is 14.8. The lowest BCUT2D eigenvalue weighted by atomic mass is 9.98. The van der Waals surface area contributed by atoms with Gasteiger partial charge in [-0.05, 0) is 38.5 Å². The molecule has 1 rings (SSSR count). The Bertz CT molecular complexity index is 1140. The Morgan fingerprint density at radius 3 is 1.23 bits per heavy atom. The topological polar surface area (TPSA) is 189 Å². The van der Waals surface area contributed by atoms with Crippen LogP contribution in [0.5, 0.6) is 0 Å². The zero-order chi connectivity index (χ0) is 51.1. The molecule has 0 saturated carbocycles. The number of allylic oxidation sites excluding steroid dienone is 2. The van der Waals surface area contributed by atoms with Gasteiger partial charge in [-0.25, -0.2) is 0 Å². The fourth-order valence-corrected chi connectivity index (χ4v) is 9.92. The first-order valence-electron chi connectivity index (χ1n) is 30.1. The van der Waals surface area contributed by atoms with Crippen LogP contribution in [0.1, 0.15) is 290 Å². The molecule has 0 spiro atoms. The van der Waals surface area contributed by atoms with Crippen molar-refractivity contribution in [3.05, 3.63) is 12.2 Å². The summed E-state index contributed by atoms with van der Waals surface area (Å²) in [6, 6.07) is -1.18. The van der Waals surface area contributed by atoms with Crippen LogP contribution in [0.15, 0.2) is 12.2 Å². The van der Waals surface area contributed by atoms with Gasteiger partial charge in [0.2, 0.25) is 5.91 Å². The molecule has 1 fully saturated rings. The van der Waals surface area contributed by atoms with Crippen molar-refractivity contribution in [3.63, 3.8) is 0 Å². The summed E-state index contributed by atoms with van der Waals surface area (Å²) < 4.78 is 11.1. The van der Waals surface area contributed by atoms with Gasteiger partial charge in [0.25, 0.3) is 0 Å². The highest BCUT2D eigenvalue weighted by Gasteiger charge is 2.44. The van der Waals surface area contributed by atoms with E-state index < -0.39 is 74.2 Å². The van der Waals surface area contributed by atoms with Crippen molar-refractivity contribution in [1.82, 2.24) is 5.32 Å². The summed E-state index contributed by atoms with van der Waals surface area (Å²) in [6.45, 7) is 3.48. The van der Waals surface area contributed by atoms with Crippen molar-refractivity contribution >= 4 is 5.91 Å². The number of carbonyl (C=O) groups excluding carboxylic acids is 1. The number of aliphatic hydroxyl groups is 7. The SMILES string of the molecule is CCCCCCCCCCCCCCCC/C=C/CCCC(O)C(O)C(COC1OC(CO)C(O)C(O)C1O)NC(=O)C(O)CCCCCCCCCCCCCCCCCCCCCCCCCC. The molecule has 0 aromatic carbocycles. The third-order valence-electron chi connectivity index (χ3n) is 14.8. The smallest absolute Gasteiger partial charge is 0.249 e. The molecule has 9 atom stereocenters. The molecule has 1 aliphatic rings. The Kier molecular flexibility index (Phi) is 46.6. The minimum absolute atomic E-state index is 0.260. The molecule has 11 heteroatoms. The molecule has 1 saturated heterocycles. The van der Waals surface area contributed by atoms with E-state index in [1.54, 1.807) is 0 Å². The highest BCUT2D eigenvalue weighted by atomic mass is 16.7. The van der Waals surface area contributed by atoms with E-state index >= 15 is 0 Å². The Hall–Kier alpha value is -1.15. The van der Waals surface area contributed by atoms with Crippen LogP contribution in [-0.4, -0.2) is 110 Å². The number of aliphatic hydroxyl groups excluding tert-OH is 7. The van der Waals surface area contributed by atoms with Gasteiger partial charge in [-0.1, -0.05) is 264 Å². The van der Waals surface area contributed by atoms with Crippen molar-refractivity contribution in [3.8, 4) is 0 Å². The second-order valence-corrected chi connectivity index (χ2v) is 21.4.